The molecule has 2 aromatic rings. The summed E-state index contributed by atoms with van der Waals surface area (Å²) in [5.74, 6) is 0.853. The second-order valence-electron chi connectivity index (χ2n) is 4.73. The molecule has 0 aliphatic carbocycles. The second kappa shape index (κ2) is 5.92. The van der Waals surface area contributed by atoms with Crippen molar-refractivity contribution in [1.82, 2.24) is 25.1 Å². The molecular weight excluding hydrogens is 274 g/mol. The van der Waals surface area contributed by atoms with Crippen molar-refractivity contribution in [2.24, 2.45) is 0 Å². The molecule has 2 aromatic heterocycles. The number of anilines is 2. The molecule has 9 heteroatoms. The number of nitrogens with two attached hydrogens (primary N) is 1. The van der Waals surface area contributed by atoms with Gasteiger partial charge in [0.15, 0.2) is 5.65 Å². The number of amides is 1. The standard InChI is InChI=1S/C12H17N7O2/c13-12-16-10(8-7-15-18-11(8)17-12)14-2-1-9(20)19-3-5-21-6-4-19/h7H,1-6H2,(H4,13,14,15,16,17,18). The van der Waals surface area contributed by atoms with Gasteiger partial charge in [0.05, 0.1) is 24.8 Å². The summed E-state index contributed by atoms with van der Waals surface area (Å²) in [7, 11) is 0. The van der Waals surface area contributed by atoms with Gasteiger partial charge in [0, 0.05) is 26.1 Å². The Hall–Kier alpha value is -2.42. The first-order valence-electron chi connectivity index (χ1n) is 6.80. The lowest BCUT2D eigenvalue weighted by molar-refractivity contribution is -0.134. The number of morpholine rings is 1. The summed E-state index contributed by atoms with van der Waals surface area (Å²) < 4.78 is 5.23. The Balaban J connectivity index is 1.59. The number of aromatic amines is 1. The third kappa shape index (κ3) is 3.02. The highest BCUT2D eigenvalue weighted by atomic mass is 16.5. The van der Waals surface area contributed by atoms with Crippen molar-refractivity contribution in [3.8, 4) is 0 Å². The van der Waals surface area contributed by atoms with Crippen LogP contribution in [0.3, 0.4) is 0 Å². The normalized spacial score (nSPS) is 15.3. The van der Waals surface area contributed by atoms with E-state index in [1.54, 1.807) is 6.20 Å². The number of hydrogen-bond acceptors (Lipinski definition) is 7. The van der Waals surface area contributed by atoms with Gasteiger partial charge in [0.1, 0.15) is 5.82 Å². The molecule has 1 amide bonds. The van der Waals surface area contributed by atoms with Crippen molar-refractivity contribution in [1.29, 1.82) is 0 Å². The molecule has 0 atom stereocenters. The van der Waals surface area contributed by atoms with Crippen LogP contribution in [0.4, 0.5) is 11.8 Å². The minimum Gasteiger partial charge on any atom is -0.378 e. The zero-order valence-electron chi connectivity index (χ0n) is 11.5. The summed E-state index contributed by atoms with van der Waals surface area (Å²) >= 11 is 0. The fraction of sp³-hybridized carbons (Fsp3) is 0.500. The van der Waals surface area contributed by atoms with Crippen LogP contribution in [0.15, 0.2) is 6.20 Å². The summed E-state index contributed by atoms with van der Waals surface area (Å²) in [4.78, 5) is 22.0. The molecule has 21 heavy (non-hydrogen) atoms. The van der Waals surface area contributed by atoms with Gasteiger partial charge in [-0.15, -0.1) is 0 Å². The number of fused-ring (bicyclic) bond motifs is 1. The monoisotopic (exact) mass is 291 g/mol. The van der Waals surface area contributed by atoms with Crippen LogP contribution in [-0.4, -0.2) is 63.8 Å². The molecule has 1 saturated heterocycles. The number of carbonyl (C=O) groups excluding carboxylic acids is 1. The predicted octanol–water partition coefficient (Wildman–Crippen LogP) is -0.404. The molecule has 0 spiro atoms. The van der Waals surface area contributed by atoms with Crippen molar-refractivity contribution in [3.05, 3.63) is 6.20 Å². The highest BCUT2D eigenvalue weighted by Crippen LogP contribution is 2.18. The van der Waals surface area contributed by atoms with Crippen LogP contribution in [0.25, 0.3) is 11.0 Å². The number of nitrogen functional groups attached to an aromatic ring is 1. The predicted molar refractivity (Wildman–Crippen MR) is 76.6 cm³/mol. The lowest BCUT2D eigenvalue weighted by atomic mass is 10.3. The van der Waals surface area contributed by atoms with E-state index < -0.39 is 0 Å². The highest BCUT2D eigenvalue weighted by Gasteiger charge is 2.16. The first-order chi connectivity index (χ1) is 10.2. The molecule has 0 radical (unpaired) electrons. The molecule has 0 unspecified atom stereocenters. The van der Waals surface area contributed by atoms with E-state index in [1.807, 2.05) is 4.90 Å². The summed E-state index contributed by atoms with van der Waals surface area (Å²) in [5.41, 5.74) is 6.21. The smallest absolute Gasteiger partial charge is 0.224 e. The van der Waals surface area contributed by atoms with Crippen molar-refractivity contribution in [3.63, 3.8) is 0 Å². The molecule has 1 fully saturated rings. The third-order valence-corrected chi connectivity index (χ3v) is 3.32. The molecule has 112 valence electrons. The number of nitrogens with zero attached hydrogens (tertiary/aromatic N) is 4. The minimum absolute atomic E-state index is 0.108. The summed E-state index contributed by atoms with van der Waals surface area (Å²) in [6.45, 7) is 3.01. The summed E-state index contributed by atoms with van der Waals surface area (Å²) in [6.07, 6.45) is 2.02. The number of nitrogens with one attached hydrogen (secondary N) is 2. The van der Waals surface area contributed by atoms with Gasteiger partial charge in [-0.25, -0.2) is 0 Å². The molecule has 1 aliphatic rings. The fourth-order valence-corrected chi connectivity index (χ4v) is 2.25. The Morgan fingerprint density at radius 3 is 3.05 bits per heavy atom. The number of ether oxygens (including phenoxy) is 1. The van der Waals surface area contributed by atoms with Gasteiger partial charge in [0.25, 0.3) is 0 Å². The lowest BCUT2D eigenvalue weighted by Crippen LogP contribution is -2.41. The van der Waals surface area contributed by atoms with Gasteiger partial charge in [-0.3, -0.25) is 9.89 Å². The Morgan fingerprint density at radius 1 is 1.43 bits per heavy atom. The van der Waals surface area contributed by atoms with E-state index in [9.17, 15) is 4.79 Å². The van der Waals surface area contributed by atoms with Crippen LogP contribution < -0.4 is 11.1 Å². The maximum absolute atomic E-state index is 12.0. The molecule has 3 heterocycles. The molecule has 0 aromatic carbocycles. The molecule has 0 bridgehead atoms. The van der Waals surface area contributed by atoms with E-state index in [1.165, 1.54) is 0 Å². The van der Waals surface area contributed by atoms with Crippen LogP contribution in [0.2, 0.25) is 0 Å². The van der Waals surface area contributed by atoms with Gasteiger partial charge in [-0.2, -0.15) is 15.1 Å². The Kier molecular flexibility index (Phi) is 3.82. The zero-order chi connectivity index (χ0) is 14.7. The first-order valence-corrected chi connectivity index (χ1v) is 6.80. The number of hydrogen-bond donors (Lipinski definition) is 3. The largest absolute Gasteiger partial charge is 0.378 e. The van der Waals surface area contributed by atoms with Crippen LogP contribution in [-0.2, 0) is 9.53 Å². The van der Waals surface area contributed by atoms with E-state index in [0.717, 1.165) is 5.39 Å². The maximum Gasteiger partial charge on any atom is 0.224 e. The highest BCUT2D eigenvalue weighted by molar-refractivity contribution is 5.87. The van der Waals surface area contributed by atoms with Crippen LogP contribution in [0.5, 0.6) is 0 Å². The first kappa shape index (κ1) is 13.6. The average Bonchev–Trinajstić information content (AvgIpc) is 2.96. The summed E-state index contributed by atoms with van der Waals surface area (Å²) in [5, 5.41) is 10.5. The number of rotatable bonds is 4. The average molecular weight is 291 g/mol. The molecule has 0 saturated carbocycles. The topological polar surface area (TPSA) is 122 Å². The van der Waals surface area contributed by atoms with E-state index in [4.69, 9.17) is 10.5 Å². The molecular formula is C12H17N7O2. The van der Waals surface area contributed by atoms with Crippen molar-refractivity contribution >= 4 is 28.7 Å². The van der Waals surface area contributed by atoms with E-state index in [0.29, 0.717) is 50.7 Å². The lowest BCUT2D eigenvalue weighted by Gasteiger charge is -2.26. The van der Waals surface area contributed by atoms with Gasteiger partial charge in [-0.05, 0) is 0 Å². The Morgan fingerprint density at radius 2 is 2.24 bits per heavy atom. The Bertz CT molecular complexity index is 636. The van der Waals surface area contributed by atoms with Gasteiger partial charge >= 0.3 is 0 Å². The zero-order valence-corrected chi connectivity index (χ0v) is 11.5. The molecule has 1 aliphatic heterocycles. The Labute approximate surface area is 120 Å². The number of carbonyl (C=O) groups is 1. The van der Waals surface area contributed by atoms with Crippen LogP contribution in [0, 0.1) is 0 Å². The molecule has 3 rings (SSSR count). The number of H-pyrrole nitrogens is 1. The van der Waals surface area contributed by atoms with E-state index in [-0.39, 0.29) is 11.9 Å². The maximum atomic E-state index is 12.0. The van der Waals surface area contributed by atoms with Gasteiger partial charge in [-0.1, -0.05) is 0 Å². The van der Waals surface area contributed by atoms with Crippen molar-refractivity contribution < 1.29 is 9.53 Å². The molecule has 4 N–H and O–H groups in total. The van der Waals surface area contributed by atoms with Crippen molar-refractivity contribution in [2.75, 3.05) is 43.9 Å². The second-order valence-corrected chi connectivity index (χ2v) is 4.73. The van der Waals surface area contributed by atoms with Crippen LogP contribution >= 0.6 is 0 Å². The quantitative estimate of drug-likeness (QED) is 0.700. The van der Waals surface area contributed by atoms with E-state index >= 15 is 0 Å². The third-order valence-electron chi connectivity index (χ3n) is 3.32. The fourth-order valence-electron chi connectivity index (χ4n) is 2.25. The minimum atomic E-state index is 0.108. The number of aromatic nitrogens is 4. The SMILES string of the molecule is Nc1nc(NCCC(=O)N2CCOCC2)c2cn[nH]c2n1. The summed E-state index contributed by atoms with van der Waals surface area (Å²) in [6, 6.07) is 0. The molecule has 9 nitrogen and oxygen atoms in total. The van der Waals surface area contributed by atoms with Gasteiger partial charge in [0.2, 0.25) is 11.9 Å². The van der Waals surface area contributed by atoms with E-state index in [2.05, 4.69) is 25.5 Å². The van der Waals surface area contributed by atoms with Crippen molar-refractivity contribution in [2.45, 2.75) is 6.42 Å². The van der Waals surface area contributed by atoms with Gasteiger partial charge < -0.3 is 20.7 Å². The van der Waals surface area contributed by atoms with Crippen LogP contribution in [0.1, 0.15) is 6.42 Å².